The van der Waals surface area contributed by atoms with Crippen LogP contribution >= 0.6 is 0 Å². The number of rotatable bonds is 2. The summed E-state index contributed by atoms with van der Waals surface area (Å²) >= 11 is 0. The van der Waals surface area contributed by atoms with E-state index in [1.165, 1.54) is 0 Å². The molecule has 1 aliphatic heterocycles. The minimum absolute atomic E-state index is 0.215. The van der Waals surface area contributed by atoms with E-state index in [0.29, 0.717) is 25.9 Å². The van der Waals surface area contributed by atoms with Gasteiger partial charge in [-0.2, -0.15) is 0 Å². The fraction of sp³-hybridized carbons (Fsp3) is 0.619. The molecule has 0 bridgehead atoms. The van der Waals surface area contributed by atoms with Crippen LogP contribution in [0.2, 0.25) is 0 Å². The molecule has 1 saturated heterocycles. The van der Waals surface area contributed by atoms with Crippen molar-refractivity contribution < 1.29 is 14.3 Å². The molecule has 0 aromatic rings. The molecule has 26 heavy (non-hydrogen) atoms. The van der Waals surface area contributed by atoms with Crippen LogP contribution in [0.4, 0.5) is 4.79 Å². The monoisotopic (exact) mass is 362 g/mol. The van der Waals surface area contributed by atoms with E-state index in [1.54, 1.807) is 4.90 Å². The largest absolute Gasteiger partial charge is 0.443 e. The molecule has 1 unspecified atom stereocenters. The first kappa shape index (κ1) is 22.2. The molecule has 0 spiro atoms. The number of nitrogens with zero attached hydrogens (tertiary/aromatic N) is 1. The number of hydrogen-bond donors (Lipinski definition) is 1. The molecule has 1 saturated carbocycles. The van der Waals surface area contributed by atoms with Crippen LogP contribution < -0.4 is 5.73 Å². The smallest absolute Gasteiger partial charge is 0.414 e. The zero-order chi connectivity index (χ0) is 19.5. The van der Waals surface area contributed by atoms with E-state index in [4.69, 9.17) is 10.5 Å². The number of ether oxygens (including phenoxy) is 1. The third-order valence-electron chi connectivity index (χ3n) is 4.48. The molecule has 146 valence electrons. The van der Waals surface area contributed by atoms with Crippen LogP contribution in [0.5, 0.6) is 0 Å². The van der Waals surface area contributed by atoms with Crippen molar-refractivity contribution in [3.05, 3.63) is 35.1 Å². The van der Waals surface area contributed by atoms with Gasteiger partial charge in [0.25, 0.3) is 0 Å². The van der Waals surface area contributed by atoms with Crippen molar-refractivity contribution in [3.63, 3.8) is 0 Å². The number of ketones is 1. The summed E-state index contributed by atoms with van der Waals surface area (Å²) in [4.78, 5) is 25.9. The maximum Gasteiger partial charge on any atom is 0.414 e. The zero-order valence-corrected chi connectivity index (χ0v) is 16.7. The van der Waals surface area contributed by atoms with E-state index in [2.05, 4.69) is 6.08 Å². The Labute approximate surface area is 157 Å². The maximum absolute atomic E-state index is 12.3. The fourth-order valence-electron chi connectivity index (χ4n) is 3.19. The van der Waals surface area contributed by atoms with Crippen molar-refractivity contribution in [1.82, 2.24) is 4.90 Å². The molecule has 2 aliphatic carbocycles. The van der Waals surface area contributed by atoms with Crippen LogP contribution in [0.15, 0.2) is 35.1 Å². The Kier molecular flexibility index (Phi) is 9.96. The third kappa shape index (κ3) is 5.56. The lowest BCUT2D eigenvalue weighted by atomic mass is 9.90. The van der Waals surface area contributed by atoms with Gasteiger partial charge in [0.2, 0.25) is 0 Å². The molecule has 2 fully saturated rings. The van der Waals surface area contributed by atoms with Crippen molar-refractivity contribution >= 4 is 11.9 Å². The maximum atomic E-state index is 12.3. The first-order chi connectivity index (χ1) is 12.7. The van der Waals surface area contributed by atoms with Crippen molar-refractivity contribution in [2.24, 2.45) is 5.73 Å². The average Bonchev–Trinajstić information content (AvgIpc) is 2.92. The van der Waals surface area contributed by atoms with Gasteiger partial charge in [0.15, 0.2) is 5.78 Å². The average molecular weight is 363 g/mol. The summed E-state index contributed by atoms with van der Waals surface area (Å²) in [6, 6.07) is 0. The number of amides is 1. The molecule has 3 aliphatic rings. The summed E-state index contributed by atoms with van der Waals surface area (Å²) in [7, 11) is 0. The second-order valence-electron chi connectivity index (χ2n) is 6.01. The summed E-state index contributed by atoms with van der Waals surface area (Å²) in [5.41, 5.74) is 8.39. The standard InChI is InChI=1S/C17H22N2O3.2C2H6/c18-10-14-11-19(17(21)22-14)13-7-6-12-4-2-1-3-5-16(20)15(12)9-8-13;2*1-2/h6,8-9,14H,1-5,7,10-11,18H2;2*1-2H3. The van der Waals surface area contributed by atoms with Crippen LogP contribution in [0.3, 0.4) is 0 Å². The molecule has 0 aromatic carbocycles. The van der Waals surface area contributed by atoms with Crippen molar-refractivity contribution in [1.29, 1.82) is 0 Å². The SMILES string of the molecule is CC.CC.NCC1CN(C2=CC=C3C(=O)CCCCCC3=CC2)C(=O)O1. The summed E-state index contributed by atoms with van der Waals surface area (Å²) in [5, 5.41) is 0. The summed E-state index contributed by atoms with van der Waals surface area (Å²) < 4.78 is 5.21. The van der Waals surface area contributed by atoms with Gasteiger partial charge in [-0.1, -0.05) is 40.2 Å². The highest BCUT2D eigenvalue weighted by molar-refractivity contribution is 6.00. The molecule has 1 heterocycles. The molecular formula is C21H34N2O3. The topological polar surface area (TPSA) is 72.6 Å². The number of allylic oxidation sites excluding steroid dienone is 5. The van der Waals surface area contributed by atoms with Gasteiger partial charge in [-0.25, -0.2) is 4.79 Å². The number of carbonyl (C=O) groups is 2. The first-order valence-electron chi connectivity index (χ1n) is 10.0. The Hall–Kier alpha value is -1.88. The Morgan fingerprint density at radius 3 is 2.42 bits per heavy atom. The third-order valence-corrected chi connectivity index (χ3v) is 4.48. The van der Waals surface area contributed by atoms with E-state index in [1.807, 2.05) is 39.8 Å². The molecule has 2 N–H and O–H groups in total. The Bertz CT molecular complexity index is 576. The Balaban J connectivity index is 0.000000791. The highest BCUT2D eigenvalue weighted by Gasteiger charge is 2.32. The molecule has 0 radical (unpaired) electrons. The minimum Gasteiger partial charge on any atom is -0.443 e. The highest BCUT2D eigenvalue weighted by atomic mass is 16.6. The van der Waals surface area contributed by atoms with Gasteiger partial charge < -0.3 is 10.5 Å². The van der Waals surface area contributed by atoms with E-state index in [0.717, 1.165) is 42.5 Å². The lowest BCUT2D eigenvalue weighted by Crippen LogP contribution is -2.27. The van der Waals surface area contributed by atoms with Crippen LogP contribution in [0, 0.1) is 0 Å². The van der Waals surface area contributed by atoms with E-state index >= 15 is 0 Å². The lowest BCUT2D eigenvalue weighted by molar-refractivity contribution is -0.115. The predicted octanol–water partition coefficient (Wildman–Crippen LogP) is 4.49. The number of cyclic esters (lactones) is 1. The number of Topliss-reactive ketones (excluding diaryl/α,β-unsaturated/α-hetero) is 1. The van der Waals surface area contributed by atoms with Crippen LogP contribution in [-0.4, -0.2) is 36.0 Å². The first-order valence-corrected chi connectivity index (χ1v) is 10.0. The summed E-state index contributed by atoms with van der Waals surface area (Å²) in [6.45, 7) is 8.82. The van der Waals surface area contributed by atoms with Crippen LogP contribution in [0.25, 0.3) is 0 Å². The van der Waals surface area contributed by atoms with Gasteiger partial charge in [-0.05, 0) is 37.0 Å². The predicted molar refractivity (Wildman–Crippen MR) is 106 cm³/mol. The summed E-state index contributed by atoms with van der Waals surface area (Å²) in [5.74, 6) is 0.215. The van der Waals surface area contributed by atoms with Gasteiger partial charge in [0, 0.05) is 30.7 Å². The van der Waals surface area contributed by atoms with Gasteiger partial charge in [-0.3, -0.25) is 9.69 Å². The number of carbonyl (C=O) groups excluding carboxylic acids is 2. The van der Waals surface area contributed by atoms with E-state index in [-0.39, 0.29) is 18.0 Å². The zero-order valence-electron chi connectivity index (χ0n) is 16.7. The van der Waals surface area contributed by atoms with Crippen molar-refractivity contribution in [2.45, 2.75) is 72.3 Å². The fourth-order valence-corrected chi connectivity index (χ4v) is 3.19. The molecule has 5 nitrogen and oxygen atoms in total. The quantitative estimate of drug-likeness (QED) is 0.785. The number of fused-ring (bicyclic) bond motifs is 1. The van der Waals surface area contributed by atoms with Crippen LogP contribution in [0.1, 0.15) is 66.2 Å². The molecular weight excluding hydrogens is 328 g/mol. The van der Waals surface area contributed by atoms with Crippen molar-refractivity contribution in [3.8, 4) is 0 Å². The normalized spacial score (nSPS) is 22.6. The van der Waals surface area contributed by atoms with Gasteiger partial charge >= 0.3 is 6.09 Å². The number of nitrogens with two attached hydrogens (primary N) is 1. The lowest BCUT2D eigenvalue weighted by Gasteiger charge is -2.15. The number of hydrogen-bond acceptors (Lipinski definition) is 4. The second kappa shape index (κ2) is 11.7. The molecule has 1 atom stereocenters. The minimum atomic E-state index is -0.343. The van der Waals surface area contributed by atoms with Crippen LogP contribution in [-0.2, 0) is 9.53 Å². The Morgan fingerprint density at radius 2 is 1.77 bits per heavy atom. The molecule has 3 rings (SSSR count). The van der Waals surface area contributed by atoms with Gasteiger partial charge in [0.1, 0.15) is 6.10 Å². The second-order valence-corrected chi connectivity index (χ2v) is 6.01. The highest BCUT2D eigenvalue weighted by Crippen LogP contribution is 2.30. The van der Waals surface area contributed by atoms with Gasteiger partial charge in [0.05, 0.1) is 6.54 Å². The van der Waals surface area contributed by atoms with E-state index in [9.17, 15) is 9.59 Å². The van der Waals surface area contributed by atoms with E-state index < -0.39 is 0 Å². The molecule has 0 aromatic heterocycles. The van der Waals surface area contributed by atoms with Gasteiger partial charge in [-0.15, -0.1) is 0 Å². The molecule has 1 amide bonds. The summed E-state index contributed by atoms with van der Waals surface area (Å²) in [6.07, 6.45) is 10.7. The Morgan fingerprint density at radius 1 is 1.08 bits per heavy atom. The van der Waals surface area contributed by atoms with Crippen molar-refractivity contribution in [2.75, 3.05) is 13.1 Å². The molecule has 5 heteroatoms.